The zero-order valence-corrected chi connectivity index (χ0v) is 13.9. The molecule has 0 fully saturated rings. The van der Waals surface area contributed by atoms with E-state index in [9.17, 15) is 9.59 Å². The molecule has 0 aliphatic carbocycles. The second-order valence-corrected chi connectivity index (χ2v) is 5.80. The predicted octanol–water partition coefficient (Wildman–Crippen LogP) is 3.04. The molecule has 2 aromatic carbocycles. The molecule has 2 aromatic rings. The average molecular weight is 343 g/mol. The zero-order chi connectivity index (χ0) is 17.3. The highest BCUT2D eigenvalue weighted by Crippen LogP contribution is 2.30. The molecule has 0 spiro atoms. The molecule has 1 aliphatic rings. The van der Waals surface area contributed by atoms with Crippen LogP contribution in [0.3, 0.4) is 0 Å². The van der Waals surface area contributed by atoms with Crippen LogP contribution in [-0.4, -0.2) is 30.9 Å². The van der Waals surface area contributed by atoms with E-state index in [4.69, 9.17) is 16.3 Å². The fourth-order valence-electron chi connectivity index (χ4n) is 2.58. The number of fused-ring (bicyclic) bond motifs is 1. The number of benzene rings is 2. The summed E-state index contributed by atoms with van der Waals surface area (Å²) in [6.45, 7) is 1.25. The van der Waals surface area contributed by atoms with Crippen molar-refractivity contribution in [2.24, 2.45) is 4.99 Å². The fourth-order valence-corrected chi connectivity index (χ4v) is 2.75. The molecule has 122 valence electrons. The quantitative estimate of drug-likeness (QED) is 0.788. The molecule has 3 rings (SSSR count). The maximum Gasteiger partial charge on any atom is 0.305 e. The topological polar surface area (TPSA) is 59.0 Å². The van der Waals surface area contributed by atoms with Gasteiger partial charge in [-0.25, -0.2) is 4.99 Å². The summed E-state index contributed by atoms with van der Waals surface area (Å²) in [4.78, 5) is 29.8. The molecule has 0 N–H and O–H groups in total. The van der Waals surface area contributed by atoms with E-state index in [-0.39, 0.29) is 0 Å². The maximum atomic E-state index is 12.6. The summed E-state index contributed by atoms with van der Waals surface area (Å²) in [5.74, 6) is -0.985. The lowest BCUT2D eigenvalue weighted by atomic mass is 10.0. The maximum absolute atomic E-state index is 12.6. The first-order valence-electron chi connectivity index (χ1n) is 7.35. The van der Waals surface area contributed by atoms with Crippen LogP contribution in [0.5, 0.6) is 0 Å². The molecule has 1 aliphatic heterocycles. The van der Waals surface area contributed by atoms with E-state index in [0.29, 0.717) is 22.0 Å². The molecular formula is C18H15ClN2O3. The second-order valence-electron chi connectivity index (χ2n) is 5.36. The minimum absolute atomic E-state index is 0.417. The minimum atomic E-state index is -1.23. The molecule has 5 nitrogen and oxygen atoms in total. The Balaban J connectivity index is 2.24. The van der Waals surface area contributed by atoms with Crippen LogP contribution in [0.2, 0.25) is 5.02 Å². The van der Waals surface area contributed by atoms with Crippen molar-refractivity contribution in [3.05, 3.63) is 64.7 Å². The van der Waals surface area contributed by atoms with Gasteiger partial charge in [-0.15, -0.1) is 0 Å². The Hall–Kier alpha value is -2.66. The van der Waals surface area contributed by atoms with Gasteiger partial charge in [0, 0.05) is 30.1 Å². The molecule has 6 heteroatoms. The SMILES string of the molecule is CC(=O)OC1N=C(c2ccccc2)c2cc(Cl)ccc2N(C)C1=O. The summed E-state index contributed by atoms with van der Waals surface area (Å²) in [5.41, 5.74) is 2.72. The number of esters is 1. The standard InChI is InChI=1S/C18H15ClN2O3/c1-11(22)24-17-18(23)21(2)15-9-8-13(19)10-14(15)16(20-17)12-6-4-3-5-7-12/h3-10,17H,1-2H3. The highest BCUT2D eigenvalue weighted by molar-refractivity contribution is 6.32. The number of hydrogen-bond donors (Lipinski definition) is 0. The smallest absolute Gasteiger partial charge is 0.305 e. The van der Waals surface area contributed by atoms with Crippen molar-refractivity contribution in [2.75, 3.05) is 11.9 Å². The lowest BCUT2D eigenvalue weighted by Crippen LogP contribution is -2.37. The van der Waals surface area contributed by atoms with Crippen molar-refractivity contribution >= 4 is 34.9 Å². The number of carbonyl (C=O) groups is 2. The number of rotatable bonds is 2. The predicted molar refractivity (Wildman–Crippen MR) is 92.5 cm³/mol. The average Bonchev–Trinajstić information content (AvgIpc) is 2.66. The van der Waals surface area contributed by atoms with Gasteiger partial charge in [0.15, 0.2) is 0 Å². The molecule has 24 heavy (non-hydrogen) atoms. The van der Waals surface area contributed by atoms with Gasteiger partial charge in [0.05, 0.1) is 11.4 Å². The second kappa shape index (κ2) is 6.45. The molecule has 1 heterocycles. The Morgan fingerprint density at radius 2 is 1.92 bits per heavy atom. The van der Waals surface area contributed by atoms with E-state index in [2.05, 4.69) is 4.99 Å². The lowest BCUT2D eigenvalue weighted by Gasteiger charge is -2.20. The molecule has 0 bridgehead atoms. The number of likely N-dealkylation sites (N-methyl/N-ethyl adjacent to an activating group) is 1. The van der Waals surface area contributed by atoms with E-state index in [1.165, 1.54) is 11.8 Å². The number of nitrogens with zero attached hydrogens (tertiary/aromatic N) is 2. The van der Waals surface area contributed by atoms with Crippen LogP contribution < -0.4 is 4.90 Å². The summed E-state index contributed by atoms with van der Waals surface area (Å²) in [7, 11) is 1.62. The Labute approximate surface area is 144 Å². The third-order valence-corrected chi connectivity index (χ3v) is 3.92. The molecule has 0 radical (unpaired) electrons. The van der Waals surface area contributed by atoms with Crippen molar-refractivity contribution < 1.29 is 14.3 Å². The van der Waals surface area contributed by atoms with Crippen molar-refractivity contribution in [1.82, 2.24) is 0 Å². The van der Waals surface area contributed by atoms with Crippen LogP contribution >= 0.6 is 11.6 Å². The van der Waals surface area contributed by atoms with Gasteiger partial charge in [-0.05, 0) is 18.2 Å². The first-order valence-corrected chi connectivity index (χ1v) is 7.73. The fraction of sp³-hybridized carbons (Fsp3) is 0.167. The minimum Gasteiger partial charge on any atom is -0.430 e. The third-order valence-electron chi connectivity index (χ3n) is 3.69. The van der Waals surface area contributed by atoms with Crippen LogP contribution in [0.25, 0.3) is 0 Å². The molecule has 1 unspecified atom stereocenters. The molecule has 0 saturated heterocycles. The Kier molecular flexibility index (Phi) is 4.36. The summed E-state index contributed by atoms with van der Waals surface area (Å²) >= 11 is 6.14. The normalized spacial score (nSPS) is 17.0. The third kappa shape index (κ3) is 3.03. The van der Waals surface area contributed by atoms with Gasteiger partial charge in [-0.1, -0.05) is 41.9 Å². The first kappa shape index (κ1) is 16.2. The van der Waals surface area contributed by atoms with Crippen LogP contribution in [0.15, 0.2) is 53.5 Å². The molecule has 1 amide bonds. The van der Waals surface area contributed by atoms with Crippen molar-refractivity contribution in [1.29, 1.82) is 0 Å². The Bertz CT molecular complexity index is 833. The summed E-state index contributed by atoms with van der Waals surface area (Å²) in [6.07, 6.45) is -1.23. The van der Waals surface area contributed by atoms with Gasteiger partial charge >= 0.3 is 5.97 Å². The van der Waals surface area contributed by atoms with Gasteiger partial charge in [-0.2, -0.15) is 0 Å². The van der Waals surface area contributed by atoms with Crippen LogP contribution in [0.1, 0.15) is 18.1 Å². The van der Waals surface area contributed by atoms with E-state index in [1.807, 2.05) is 30.3 Å². The van der Waals surface area contributed by atoms with E-state index < -0.39 is 18.1 Å². The van der Waals surface area contributed by atoms with Crippen LogP contribution in [-0.2, 0) is 14.3 Å². The molecule has 0 aromatic heterocycles. The van der Waals surface area contributed by atoms with Crippen molar-refractivity contribution in [3.8, 4) is 0 Å². The number of carbonyl (C=O) groups excluding carboxylic acids is 2. The number of amides is 1. The van der Waals surface area contributed by atoms with Gasteiger partial charge < -0.3 is 9.64 Å². The number of benzodiazepines with no additional fused rings is 1. The zero-order valence-electron chi connectivity index (χ0n) is 13.2. The summed E-state index contributed by atoms with van der Waals surface area (Å²) in [5, 5.41) is 0.532. The lowest BCUT2D eigenvalue weighted by molar-refractivity contribution is -0.152. The van der Waals surface area contributed by atoms with Crippen LogP contribution in [0, 0.1) is 0 Å². The highest BCUT2D eigenvalue weighted by atomic mass is 35.5. The van der Waals surface area contributed by atoms with Gasteiger partial charge in [0.25, 0.3) is 12.1 Å². The van der Waals surface area contributed by atoms with Gasteiger partial charge in [0.2, 0.25) is 0 Å². The van der Waals surface area contributed by atoms with E-state index >= 15 is 0 Å². The monoisotopic (exact) mass is 342 g/mol. The van der Waals surface area contributed by atoms with Crippen molar-refractivity contribution in [3.63, 3.8) is 0 Å². The van der Waals surface area contributed by atoms with Crippen LogP contribution in [0.4, 0.5) is 5.69 Å². The number of ether oxygens (including phenoxy) is 1. The highest BCUT2D eigenvalue weighted by Gasteiger charge is 2.32. The number of aliphatic imine (C=N–C) groups is 1. The van der Waals surface area contributed by atoms with Gasteiger partial charge in [0.1, 0.15) is 0 Å². The molecular weight excluding hydrogens is 328 g/mol. The number of hydrogen-bond acceptors (Lipinski definition) is 4. The Morgan fingerprint density at radius 1 is 1.21 bits per heavy atom. The summed E-state index contributed by atoms with van der Waals surface area (Å²) in [6, 6.07) is 14.6. The van der Waals surface area contributed by atoms with Crippen molar-refractivity contribution in [2.45, 2.75) is 13.2 Å². The largest absolute Gasteiger partial charge is 0.430 e. The first-order chi connectivity index (χ1) is 11.5. The summed E-state index contributed by atoms with van der Waals surface area (Å²) < 4.78 is 5.12. The molecule has 1 atom stereocenters. The molecule has 0 saturated carbocycles. The Morgan fingerprint density at radius 3 is 2.58 bits per heavy atom. The number of anilines is 1. The van der Waals surface area contributed by atoms with Gasteiger partial charge in [-0.3, -0.25) is 9.59 Å². The van der Waals surface area contributed by atoms with E-state index in [1.54, 1.807) is 25.2 Å². The number of halogens is 1. The van der Waals surface area contributed by atoms with E-state index in [0.717, 1.165) is 5.56 Å².